The molecule has 3 aromatic rings. The number of halogens is 2. The number of hydrogen-bond acceptors (Lipinski definition) is 6. The molecule has 9 heteroatoms. The molecule has 2 atom stereocenters. The van der Waals surface area contributed by atoms with Gasteiger partial charge in [-0.3, -0.25) is 19.7 Å². The normalized spacial score (nSPS) is 18.2. The molecule has 0 saturated carbocycles. The molecule has 0 fully saturated rings. The second-order valence-corrected chi connectivity index (χ2v) is 10.1. The van der Waals surface area contributed by atoms with Crippen molar-refractivity contribution in [1.29, 1.82) is 0 Å². The summed E-state index contributed by atoms with van der Waals surface area (Å²) >= 11 is 12.2. The van der Waals surface area contributed by atoms with Gasteiger partial charge in [-0.1, -0.05) is 53.5 Å². The fourth-order valence-electron chi connectivity index (χ4n) is 4.94. The van der Waals surface area contributed by atoms with Crippen LogP contribution < -0.4 is 10.6 Å². The molecule has 2 unspecified atom stereocenters. The predicted octanol–water partition coefficient (Wildman–Crippen LogP) is 5.40. The third kappa shape index (κ3) is 6.24. The number of fused-ring (bicyclic) bond motifs is 1. The number of carbonyl (C=O) groups excluding carboxylic acids is 1. The highest BCUT2D eigenvalue weighted by Crippen LogP contribution is 2.34. The lowest BCUT2D eigenvalue weighted by atomic mass is 9.90. The van der Waals surface area contributed by atoms with Gasteiger partial charge < -0.3 is 15.4 Å². The SMILES string of the molecule is O=C(NCc1ccc(CN(CCC2NC=CO2)C2CCCc3cccnc32)cc1)c1c(Cl)cncc1Cl. The quantitative estimate of drug-likeness (QED) is 0.380. The summed E-state index contributed by atoms with van der Waals surface area (Å²) in [5, 5.41) is 6.60. The Labute approximate surface area is 226 Å². The number of ether oxygens (including phenoxy) is 1. The van der Waals surface area contributed by atoms with Crippen LogP contribution in [0.1, 0.15) is 58.0 Å². The largest absolute Gasteiger partial charge is 0.477 e. The highest BCUT2D eigenvalue weighted by molar-refractivity contribution is 6.39. The Morgan fingerprint density at radius 1 is 1.14 bits per heavy atom. The number of nitrogens with one attached hydrogen (secondary N) is 2. The first-order valence-electron chi connectivity index (χ1n) is 12.5. The lowest BCUT2D eigenvalue weighted by molar-refractivity contribution is 0.0950. The van der Waals surface area contributed by atoms with Crippen LogP contribution >= 0.6 is 23.2 Å². The molecular weight excluding hydrogens is 509 g/mol. The molecule has 37 heavy (non-hydrogen) atoms. The van der Waals surface area contributed by atoms with E-state index in [0.29, 0.717) is 6.54 Å². The van der Waals surface area contributed by atoms with E-state index in [2.05, 4.69) is 38.7 Å². The summed E-state index contributed by atoms with van der Waals surface area (Å²) < 4.78 is 5.63. The maximum atomic E-state index is 12.6. The standard InChI is InChI=1S/C28H29Cl2N5O2/c29-22-16-31-17-23(30)26(22)28(36)34-15-19-6-8-20(9-7-19)18-35(13-10-25-32-12-14-37-25)24-5-1-3-21-4-2-11-33-27(21)24/h2,4,6-9,11-12,14,16-17,24-25,32H,1,3,5,10,13,15,18H2,(H,34,36). The van der Waals surface area contributed by atoms with Crippen LogP contribution in [0.4, 0.5) is 0 Å². The van der Waals surface area contributed by atoms with Gasteiger partial charge in [-0.2, -0.15) is 0 Å². The number of pyridine rings is 2. The third-order valence-corrected chi connectivity index (χ3v) is 7.39. The molecule has 1 aromatic carbocycles. The Balaban J connectivity index is 1.25. The Kier molecular flexibility index (Phi) is 8.24. The van der Waals surface area contributed by atoms with Gasteiger partial charge in [0.2, 0.25) is 0 Å². The van der Waals surface area contributed by atoms with E-state index >= 15 is 0 Å². The molecule has 1 aliphatic carbocycles. The zero-order valence-corrected chi connectivity index (χ0v) is 21.9. The van der Waals surface area contributed by atoms with Crippen molar-refractivity contribution in [2.24, 2.45) is 0 Å². The summed E-state index contributed by atoms with van der Waals surface area (Å²) in [5.41, 5.74) is 4.98. The van der Waals surface area contributed by atoms with Crippen LogP contribution in [0.3, 0.4) is 0 Å². The van der Waals surface area contributed by atoms with E-state index < -0.39 is 0 Å². The lowest BCUT2D eigenvalue weighted by Crippen LogP contribution is -2.35. The van der Waals surface area contributed by atoms with E-state index in [1.54, 1.807) is 6.26 Å². The van der Waals surface area contributed by atoms with Crippen LogP contribution in [0.5, 0.6) is 0 Å². The number of amides is 1. The highest BCUT2D eigenvalue weighted by atomic mass is 35.5. The van der Waals surface area contributed by atoms with Gasteiger partial charge in [0.05, 0.1) is 27.3 Å². The van der Waals surface area contributed by atoms with E-state index in [9.17, 15) is 4.79 Å². The minimum absolute atomic E-state index is 0.00248. The molecule has 1 aliphatic heterocycles. The molecule has 3 heterocycles. The first kappa shape index (κ1) is 25.5. The molecule has 0 radical (unpaired) electrons. The smallest absolute Gasteiger partial charge is 0.254 e. The van der Waals surface area contributed by atoms with Crippen LogP contribution in [0.2, 0.25) is 10.0 Å². The van der Waals surface area contributed by atoms with E-state index in [1.807, 2.05) is 30.6 Å². The number of carbonyl (C=O) groups is 1. The Bertz CT molecular complexity index is 1240. The zero-order chi connectivity index (χ0) is 25.6. The lowest BCUT2D eigenvalue weighted by Gasteiger charge is -2.35. The Hall–Kier alpha value is -3.13. The number of nitrogens with zero attached hydrogens (tertiary/aromatic N) is 3. The fraction of sp³-hybridized carbons (Fsp3) is 0.321. The summed E-state index contributed by atoms with van der Waals surface area (Å²) in [6.45, 7) is 2.05. The maximum absolute atomic E-state index is 12.6. The molecule has 0 saturated heterocycles. The van der Waals surface area contributed by atoms with Gasteiger partial charge in [0, 0.05) is 50.8 Å². The number of benzene rings is 1. The monoisotopic (exact) mass is 537 g/mol. The molecule has 5 rings (SSSR count). The van der Waals surface area contributed by atoms with Crippen LogP contribution in [-0.2, 0) is 24.2 Å². The first-order chi connectivity index (χ1) is 18.1. The molecule has 0 spiro atoms. The summed E-state index contributed by atoms with van der Waals surface area (Å²) in [4.78, 5) is 23.8. The third-order valence-electron chi connectivity index (χ3n) is 6.82. The Morgan fingerprint density at radius 2 is 1.92 bits per heavy atom. The van der Waals surface area contributed by atoms with Gasteiger partial charge in [0.15, 0.2) is 6.23 Å². The minimum Gasteiger partial charge on any atom is -0.477 e. The molecular formula is C28H29Cl2N5O2. The van der Waals surface area contributed by atoms with Gasteiger partial charge in [0.1, 0.15) is 6.26 Å². The highest BCUT2D eigenvalue weighted by Gasteiger charge is 2.28. The van der Waals surface area contributed by atoms with Crippen molar-refractivity contribution in [1.82, 2.24) is 25.5 Å². The average Bonchev–Trinajstić information content (AvgIpc) is 3.44. The second-order valence-electron chi connectivity index (χ2n) is 9.29. The van der Waals surface area contributed by atoms with Crippen LogP contribution in [-0.4, -0.2) is 33.5 Å². The van der Waals surface area contributed by atoms with Crippen molar-refractivity contribution in [3.05, 3.63) is 105 Å². The molecule has 2 aliphatic rings. The minimum atomic E-state index is -0.326. The zero-order valence-electron chi connectivity index (χ0n) is 20.4. The topological polar surface area (TPSA) is 79.4 Å². The maximum Gasteiger partial charge on any atom is 0.254 e. The fourth-order valence-corrected chi connectivity index (χ4v) is 5.47. The average molecular weight is 538 g/mol. The van der Waals surface area contributed by atoms with Crippen LogP contribution in [0.15, 0.2) is 67.5 Å². The van der Waals surface area contributed by atoms with E-state index in [4.69, 9.17) is 32.9 Å². The first-order valence-corrected chi connectivity index (χ1v) is 13.2. The van der Waals surface area contributed by atoms with Gasteiger partial charge in [-0.05, 0) is 42.0 Å². The van der Waals surface area contributed by atoms with Gasteiger partial charge in [-0.15, -0.1) is 0 Å². The Morgan fingerprint density at radius 3 is 2.68 bits per heavy atom. The predicted molar refractivity (Wildman–Crippen MR) is 144 cm³/mol. The number of aromatic nitrogens is 2. The van der Waals surface area contributed by atoms with E-state index in [-0.39, 0.29) is 33.8 Å². The van der Waals surface area contributed by atoms with Crippen molar-refractivity contribution in [3.8, 4) is 0 Å². The number of aryl methyl sites for hydroxylation is 1. The van der Waals surface area contributed by atoms with Crippen molar-refractivity contribution in [2.75, 3.05) is 6.54 Å². The molecule has 192 valence electrons. The molecule has 0 bridgehead atoms. The van der Waals surface area contributed by atoms with Crippen LogP contribution in [0, 0.1) is 0 Å². The van der Waals surface area contributed by atoms with Crippen molar-refractivity contribution in [3.63, 3.8) is 0 Å². The van der Waals surface area contributed by atoms with Crippen LogP contribution in [0.25, 0.3) is 0 Å². The summed E-state index contributed by atoms with van der Waals surface area (Å²) in [6, 6.07) is 12.8. The number of rotatable bonds is 9. The van der Waals surface area contributed by atoms with Gasteiger partial charge in [-0.25, -0.2) is 0 Å². The molecule has 2 aromatic heterocycles. The van der Waals surface area contributed by atoms with Crippen molar-refractivity contribution in [2.45, 2.75) is 51.0 Å². The molecule has 2 N–H and O–H groups in total. The van der Waals surface area contributed by atoms with E-state index in [1.165, 1.54) is 29.2 Å². The van der Waals surface area contributed by atoms with Crippen molar-refractivity contribution >= 4 is 29.1 Å². The van der Waals surface area contributed by atoms with E-state index in [0.717, 1.165) is 44.3 Å². The summed E-state index contributed by atoms with van der Waals surface area (Å²) in [6.07, 6.45) is 12.5. The van der Waals surface area contributed by atoms with Gasteiger partial charge >= 0.3 is 0 Å². The van der Waals surface area contributed by atoms with Gasteiger partial charge in [0.25, 0.3) is 5.91 Å². The molecule has 1 amide bonds. The number of hydrogen-bond donors (Lipinski definition) is 2. The second kappa shape index (κ2) is 11.9. The summed E-state index contributed by atoms with van der Waals surface area (Å²) in [7, 11) is 0. The molecule has 7 nitrogen and oxygen atoms in total. The summed E-state index contributed by atoms with van der Waals surface area (Å²) in [5.74, 6) is -0.326. The van der Waals surface area contributed by atoms with Crippen molar-refractivity contribution < 1.29 is 9.53 Å².